The lowest BCUT2D eigenvalue weighted by Crippen LogP contribution is -2.42. The van der Waals surface area contributed by atoms with E-state index in [1.807, 2.05) is 19.1 Å². The van der Waals surface area contributed by atoms with E-state index in [1.54, 1.807) is 24.0 Å². The average Bonchev–Trinajstić information content (AvgIpc) is 2.83. The third-order valence-electron chi connectivity index (χ3n) is 5.63. The van der Waals surface area contributed by atoms with Crippen molar-refractivity contribution in [2.45, 2.75) is 38.7 Å². The van der Waals surface area contributed by atoms with E-state index < -0.39 is 10.4 Å². The van der Waals surface area contributed by atoms with E-state index in [2.05, 4.69) is 9.97 Å². The summed E-state index contributed by atoms with van der Waals surface area (Å²) in [5, 5.41) is 0. The van der Waals surface area contributed by atoms with E-state index in [4.69, 9.17) is 22.6 Å². The first-order valence-corrected chi connectivity index (χ1v) is 12.4. The van der Waals surface area contributed by atoms with Crippen molar-refractivity contribution in [3.63, 3.8) is 0 Å². The number of hydrogen-bond acceptors (Lipinski definition) is 10. The fourth-order valence-corrected chi connectivity index (χ4v) is 4.42. The molecule has 0 radical (unpaired) electrons. The highest BCUT2D eigenvalue weighted by Crippen LogP contribution is 2.31. The second-order valence-corrected chi connectivity index (χ2v) is 9.25. The molecule has 12 heteroatoms. The zero-order valence-electron chi connectivity index (χ0n) is 19.0. The summed E-state index contributed by atoms with van der Waals surface area (Å²) < 4.78 is 49.0. The van der Waals surface area contributed by atoms with Crippen molar-refractivity contribution in [3.05, 3.63) is 41.7 Å². The SMILES string of the molecule is CCOC(=O)N1CCC(Oc2ncnc(Oc3ccc(C4COS(=O)(=O)OC4)cc3)c2C)CC1. The van der Waals surface area contributed by atoms with Gasteiger partial charge in [-0.1, -0.05) is 12.1 Å². The molecule has 0 aliphatic carbocycles. The fourth-order valence-electron chi connectivity index (χ4n) is 3.69. The Morgan fingerprint density at radius 3 is 2.38 bits per heavy atom. The third kappa shape index (κ3) is 5.93. The first-order valence-electron chi connectivity index (χ1n) is 11.1. The van der Waals surface area contributed by atoms with Gasteiger partial charge in [0.05, 0.1) is 25.4 Å². The second-order valence-electron chi connectivity index (χ2n) is 7.96. The van der Waals surface area contributed by atoms with Crippen LogP contribution in [0.3, 0.4) is 0 Å². The summed E-state index contributed by atoms with van der Waals surface area (Å²) in [5.74, 6) is 1.18. The van der Waals surface area contributed by atoms with Crippen molar-refractivity contribution < 1.29 is 35.8 Å². The van der Waals surface area contributed by atoms with Gasteiger partial charge in [0.1, 0.15) is 18.2 Å². The molecule has 11 nitrogen and oxygen atoms in total. The number of amides is 1. The number of nitrogens with zero attached hydrogens (tertiary/aromatic N) is 3. The van der Waals surface area contributed by atoms with Crippen LogP contribution in [0.2, 0.25) is 0 Å². The molecule has 2 aromatic rings. The molecule has 0 bridgehead atoms. The topological polar surface area (TPSA) is 126 Å². The minimum atomic E-state index is -3.87. The molecule has 0 spiro atoms. The van der Waals surface area contributed by atoms with Crippen LogP contribution in [0.1, 0.15) is 36.8 Å². The molecule has 0 N–H and O–H groups in total. The normalized spacial score (nSPS) is 18.9. The van der Waals surface area contributed by atoms with Crippen LogP contribution in [0, 0.1) is 6.92 Å². The van der Waals surface area contributed by atoms with Crippen LogP contribution in [0.5, 0.6) is 17.5 Å². The summed E-state index contributed by atoms with van der Waals surface area (Å²) in [4.78, 5) is 22.0. The molecule has 0 atom stereocenters. The molecule has 2 saturated heterocycles. The first-order chi connectivity index (χ1) is 16.3. The summed E-state index contributed by atoms with van der Waals surface area (Å²) in [7, 11) is -3.87. The maximum atomic E-state index is 11.9. The van der Waals surface area contributed by atoms with E-state index in [9.17, 15) is 13.2 Å². The van der Waals surface area contributed by atoms with Crippen LogP contribution < -0.4 is 9.47 Å². The molecule has 0 saturated carbocycles. The summed E-state index contributed by atoms with van der Waals surface area (Å²) >= 11 is 0. The van der Waals surface area contributed by atoms with Gasteiger partial charge in [-0.3, -0.25) is 0 Å². The number of benzene rings is 1. The fraction of sp³-hybridized carbons (Fsp3) is 0.500. The number of piperidine rings is 1. The van der Waals surface area contributed by atoms with Gasteiger partial charge in [0.2, 0.25) is 11.8 Å². The van der Waals surface area contributed by atoms with E-state index in [0.29, 0.717) is 55.6 Å². The summed E-state index contributed by atoms with van der Waals surface area (Å²) in [6.07, 6.45) is 2.37. The van der Waals surface area contributed by atoms with Gasteiger partial charge < -0.3 is 19.1 Å². The number of carbonyl (C=O) groups excluding carboxylic acids is 1. The van der Waals surface area contributed by atoms with Crippen molar-refractivity contribution in [2.24, 2.45) is 0 Å². The van der Waals surface area contributed by atoms with Gasteiger partial charge in [-0.25, -0.2) is 23.1 Å². The predicted octanol–water partition coefficient (Wildman–Crippen LogP) is 2.95. The van der Waals surface area contributed by atoms with Gasteiger partial charge in [-0.2, -0.15) is 8.42 Å². The van der Waals surface area contributed by atoms with Gasteiger partial charge in [0, 0.05) is 31.8 Å². The molecule has 1 aromatic heterocycles. The van der Waals surface area contributed by atoms with Crippen LogP contribution in [0.4, 0.5) is 4.79 Å². The Hall–Kier alpha value is -2.96. The number of carbonyl (C=O) groups is 1. The van der Waals surface area contributed by atoms with Crippen LogP contribution in [-0.2, 0) is 23.5 Å². The quantitative estimate of drug-likeness (QED) is 0.593. The van der Waals surface area contributed by atoms with Crippen LogP contribution in [0.15, 0.2) is 30.6 Å². The monoisotopic (exact) mass is 493 g/mol. The minimum absolute atomic E-state index is 0.0347. The lowest BCUT2D eigenvalue weighted by atomic mass is 10.0. The van der Waals surface area contributed by atoms with Crippen molar-refractivity contribution in [2.75, 3.05) is 32.9 Å². The molecule has 184 valence electrons. The molecular weight excluding hydrogens is 466 g/mol. The molecule has 1 amide bonds. The van der Waals surface area contributed by atoms with E-state index in [0.717, 1.165) is 5.56 Å². The van der Waals surface area contributed by atoms with Crippen molar-refractivity contribution in [3.8, 4) is 17.5 Å². The molecule has 1 aromatic carbocycles. The van der Waals surface area contributed by atoms with Gasteiger partial charge in [0.25, 0.3) is 0 Å². The summed E-state index contributed by atoms with van der Waals surface area (Å²) in [6, 6.07) is 7.20. The molecule has 3 heterocycles. The number of rotatable bonds is 6. The summed E-state index contributed by atoms with van der Waals surface area (Å²) in [5.41, 5.74) is 1.54. The Kier molecular flexibility index (Phi) is 7.49. The van der Waals surface area contributed by atoms with E-state index >= 15 is 0 Å². The number of ether oxygens (including phenoxy) is 3. The van der Waals surface area contributed by atoms with Crippen LogP contribution >= 0.6 is 0 Å². The highest BCUT2D eigenvalue weighted by Gasteiger charge is 2.27. The van der Waals surface area contributed by atoms with E-state index in [1.165, 1.54) is 6.33 Å². The molecule has 2 fully saturated rings. The first kappa shape index (κ1) is 24.2. The van der Waals surface area contributed by atoms with E-state index in [-0.39, 0.29) is 31.3 Å². The number of likely N-dealkylation sites (tertiary alicyclic amines) is 1. The van der Waals surface area contributed by atoms with Crippen LogP contribution in [-0.4, -0.2) is 68.4 Å². The van der Waals surface area contributed by atoms with Crippen molar-refractivity contribution in [1.29, 1.82) is 0 Å². The molecule has 2 aliphatic heterocycles. The lowest BCUT2D eigenvalue weighted by molar-refractivity contribution is 0.0684. The van der Waals surface area contributed by atoms with Crippen molar-refractivity contribution in [1.82, 2.24) is 14.9 Å². The summed E-state index contributed by atoms with van der Waals surface area (Å²) in [6.45, 7) is 5.16. The molecule has 2 aliphatic rings. The minimum Gasteiger partial charge on any atom is -0.474 e. The maximum Gasteiger partial charge on any atom is 0.409 e. The largest absolute Gasteiger partial charge is 0.474 e. The van der Waals surface area contributed by atoms with Gasteiger partial charge in [-0.05, 0) is 31.5 Å². The molecular formula is C22H27N3O8S. The maximum absolute atomic E-state index is 11.9. The number of aromatic nitrogens is 2. The zero-order valence-corrected chi connectivity index (χ0v) is 19.8. The molecule has 34 heavy (non-hydrogen) atoms. The average molecular weight is 494 g/mol. The third-order valence-corrected chi connectivity index (χ3v) is 6.48. The van der Waals surface area contributed by atoms with Gasteiger partial charge in [-0.15, -0.1) is 0 Å². The highest BCUT2D eigenvalue weighted by atomic mass is 32.3. The standard InChI is InChI=1S/C22H27N3O8S/c1-3-29-22(26)25-10-8-19(9-11-25)33-21-15(2)20(23-14-24-21)32-18-6-4-16(5-7-18)17-12-30-34(27,28)31-13-17/h4-7,14,17,19H,3,8-13H2,1-2H3. The van der Waals surface area contributed by atoms with Crippen molar-refractivity contribution >= 4 is 16.5 Å². The Bertz CT molecular complexity index is 1090. The Morgan fingerprint density at radius 2 is 1.74 bits per heavy atom. The lowest BCUT2D eigenvalue weighted by Gasteiger charge is -2.31. The molecule has 0 unspecified atom stereocenters. The van der Waals surface area contributed by atoms with Crippen LogP contribution in [0.25, 0.3) is 0 Å². The predicted molar refractivity (Wildman–Crippen MR) is 119 cm³/mol. The number of hydrogen-bond donors (Lipinski definition) is 0. The Balaban J connectivity index is 1.35. The smallest absolute Gasteiger partial charge is 0.409 e. The van der Waals surface area contributed by atoms with Gasteiger partial charge in [0.15, 0.2) is 0 Å². The second kappa shape index (κ2) is 10.5. The Morgan fingerprint density at radius 1 is 1.09 bits per heavy atom. The zero-order chi connectivity index (χ0) is 24.1. The van der Waals surface area contributed by atoms with Gasteiger partial charge >= 0.3 is 16.5 Å². The Labute approximate surface area is 198 Å². The highest BCUT2D eigenvalue weighted by molar-refractivity contribution is 7.81. The molecule has 4 rings (SSSR count).